The van der Waals surface area contributed by atoms with Crippen molar-refractivity contribution < 1.29 is 0 Å². The molecule has 2 aromatic rings. The molecule has 0 saturated heterocycles. The first-order valence-corrected chi connectivity index (χ1v) is 4.80. The van der Waals surface area contributed by atoms with Gasteiger partial charge in [0, 0.05) is 6.54 Å². The average molecular weight is 212 g/mol. The van der Waals surface area contributed by atoms with Crippen LogP contribution in [0.25, 0.3) is 11.0 Å². The molecule has 0 atom stereocenters. The van der Waals surface area contributed by atoms with Crippen LogP contribution in [0.5, 0.6) is 0 Å². The van der Waals surface area contributed by atoms with Crippen LogP contribution in [0.4, 0.5) is 5.00 Å². The van der Waals surface area contributed by atoms with Crippen LogP contribution in [0.2, 0.25) is 0 Å². The van der Waals surface area contributed by atoms with Crippen molar-refractivity contribution in [2.45, 2.75) is 13.5 Å². The molecule has 0 bridgehead atoms. The van der Waals surface area contributed by atoms with Gasteiger partial charge < -0.3 is 5.73 Å². The van der Waals surface area contributed by atoms with E-state index in [0.717, 1.165) is 11.5 Å². The zero-order valence-electron chi connectivity index (χ0n) is 7.40. The Morgan fingerprint density at radius 2 is 2.29 bits per heavy atom. The van der Waals surface area contributed by atoms with Crippen molar-refractivity contribution in [1.29, 1.82) is 0 Å². The summed E-state index contributed by atoms with van der Waals surface area (Å²) in [5.74, 6) is 0. The first-order valence-electron chi connectivity index (χ1n) is 4.03. The average Bonchev–Trinajstić information content (AvgIpc) is 2.49. The van der Waals surface area contributed by atoms with Gasteiger partial charge in [-0.2, -0.15) is 4.37 Å². The highest BCUT2D eigenvalue weighted by atomic mass is 32.1. The van der Waals surface area contributed by atoms with Gasteiger partial charge in [-0.15, -0.1) is 0 Å². The molecular formula is C7H8N4O2S. The maximum Gasteiger partial charge on any atom is 0.330 e. The lowest BCUT2D eigenvalue weighted by Crippen LogP contribution is -2.29. The molecule has 2 aromatic heterocycles. The number of rotatable bonds is 1. The second-order valence-corrected chi connectivity index (χ2v) is 3.55. The van der Waals surface area contributed by atoms with Crippen molar-refractivity contribution in [2.75, 3.05) is 5.73 Å². The number of anilines is 1. The molecule has 6 nitrogen and oxygen atoms in total. The molecular weight excluding hydrogens is 204 g/mol. The maximum absolute atomic E-state index is 11.4. The quantitative estimate of drug-likeness (QED) is 0.681. The minimum absolute atomic E-state index is 0.302. The van der Waals surface area contributed by atoms with E-state index >= 15 is 0 Å². The number of nitrogen functional groups attached to an aromatic ring is 1. The van der Waals surface area contributed by atoms with Crippen LogP contribution in [0, 0.1) is 0 Å². The van der Waals surface area contributed by atoms with Crippen LogP contribution in [0.3, 0.4) is 0 Å². The van der Waals surface area contributed by atoms with E-state index in [-0.39, 0.29) is 0 Å². The molecule has 0 saturated carbocycles. The predicted molar refractivity (Wildman–Crippen MR) is 54.6 cm³/mol. The van der Waals surface area contributed by atoms with Crippen molar-refractivity contribution in [3.8, 4) is 0 Å². The summed E-state index contributed by atoms with van der Waals surface area (Å²) in [5, 5.41) is 0.639. The van der Waals surface area contributed by atoms with Crippen LogP contribution in [-0.4, -0.2) is 13.9 Å². The maximum atomic E-state index is 11.4. The smallest absolute Gasteiger partial charge is 0.330 e. The van der Waals surface area contributed by atoms with Gasteiger partial charge in [-0.1, -0.05) is 0 Å². The van der Waals surface area contributed by atoms with Gasteiger partial charge in [-0.25, -0.2) is 4.79 Å². The molecule has 0 aliphatic rings. The number of aryl methyl sites for hydroxylation is 1. The summed E-state index contributed by atoms with van der Waals surface area (Å²) in [5.41, 5.74) is 5.02. The molecule has 0 unspecified atom stereocenters. The number of nitrogens with two attached hydrogens (primary N) is 1. The van der Waals surface area contributed by atoms with Gasteiger partial charge in [0.1, 0.15) is 10.4 Å². The van der Waals surface area contributed by atoms with Gasteiger partial charge >= 0.3 is 5.69 Å². The van der Waals surface area contributed by atoms with E-state index in [4.69, 9.17) is 5.73 Å². The molecule has 3 N–H and O–H groups in total. The normalized spacial score (nSPS) is 10.9. The number of H-pyrrole nitrogens is 1. The van der Waals surface area contributed by atoms with Crippen LogP contribution < -0.4 is 17.0 Å². The van der Waals surface area contributed by atoms with E-state index in [2.05, 4.69) is 9.36 Å². The van der Waals surface area contributed by atoms with E-state index in [1.165, 1.54) is 4.57 Å². The third-order valence-electron chi connectivity index (χ3n) is 1.97. The second-order valence-electron chi connectivity index (χ2n) is 2.75. The highest BCUT2D eigenvalue weighted by Gasteiger charge is 2.12. The monoisotopic (exact) mass is 212 g/mol. The van der Waals surface area contributed by atoms with Gasteiger partial charge in [-0.3, -0.25) is 14.3 Å². The molecule has 0 fully saturated rings. The number of nitrogens with one attached hydrogen (secondary N) is 1. The van der Waals surface area contributed by atoms with Crippen LogP contribution in [-0.2, 0) is 6.54 Å². The molecule has 2 heterocycles. The SMILES string of the molecule is CCn1c(=O)[nH]c(=O)c2c(N)snc21. The molecule has 0 spiro atoms. The fourth-order valence-electron chi connectivity index (χ4n) is 1.31. The van der Waals surface area contributed by atoms with Crippen molar-refractivity contribution in [2.24, 2.45) is 0 Å². The molecule has 14 heavy (non-hydrogen) atoms. The van der Waals surface area contributed by atoms with Crippen molar-refractivity contribution >= 4 is 27.6 Å². The Labute approximate surface area is 82.2 Å². The number of nitrogens with zero attached hydrogens (tertiary/aromatic N) is 2. The second kappa shape index (κ2) is 2.95. The Balaban J connectivity index is 3.08. The van der Waals surface area contributed by atoms with Crippen molar-refractivity contribution in [3.63, 3.8) is 0 Å². The molecule has 0 radical (unpaired) electrons. The fourth-order valence-corrected chi connectivity index (χ4v) is 1.96. The zero-order valence-corrected chi connectivity index (χ0v) is 8.22. The lowest BCUT2D eigenvalue weighted by atomic mass is 10.4. The summed E-state index contributed by atoms with van der Waals surface area (Å²) in [6.45, 7) is 2.25. The van der Waals surface area contributed by atoms with Gasteiger partial charge in [0.15, 0.2) is 5.65 Å². The Hall–Kier alpha value is -1.63. The summed E-state index contributed by atoms with van der Waals surface area (Å²) in [6, 6.07) is 0. The Kier molecular flexibility index (Phi) is 1.88. The number of fused-ring (bicyclic) bond motifs is 1. The van der Waals surface area contributed by atoms with E-state index in [9.17, 15) is 9.59 Å². The lowest BCUT2D eigenvalue weighted by Gasteiger charge is -2.00. The largest absolute Gasteiger partial charge is 0.389 e. The van der Waals surface area contributed by atoms with Gasteiger partial charge in [-0.05, 0) is 18.5 Å². The van der Waals surface area contributed by atoms with E-state index in [0.29, 0.717) is 22.6 Å². The Morgan fingerprint density at radius 1 is 1.57 bits per heavy atom. The highest BCUT2D eigenvalue weighted by molar-refractivity contribution is 7.11. The van der Waals surface area contributed by atoms with Gasteiger partial charge in [0.05, 0.1) is 0 Å². The van der Waals surface area contributed by atoms with Gasteiger partial charge in [0.2, 0.25) is 0 Å². The standard InChI is InChI=1S/C7H8N4O2S/c1-2-11-5-3(4(8)14-10-5)6(12)9-7(11)13/h2,8H2,1H3,(H,9,12,13). The Morgan fingerprint density at radius 3 is 2.93 bits per heavy atom. The lowest BCUT2D eigenvalue weighted by molar-refractivity contribution is 0.721. The third kappa shape index (κ3) is 1.06. The zero-order chi connectivity index (χ0) is 10.3. The summed E-state index contributed by atoms with van der Waals surface area (Å²) in [6.07, 6.45) is 0. The molecule has 0 aliphatic carbocycles. The van der Waals surface area contributed by atoms with E-state index < -0.39 is 11.2 Å². The minimum atomic E-state index is -0.471. The molecule has 0 aromatic carbocycles. The Bertz CT molecular complexity index is 594. The van der Waals surface area contributed by atoms with Crippen molar-refractivity contribution in [3.05, 3.63) is 20.8 Å². The van der Waals surface area contributed by atoms with Crippen molar-refractivity contribution in [1.82, 2.24) is 13.9 Å². The highest BCUT2D eigenvalue weighted by Crippen LogP contribution is 2.19. The van der Waals surface area contributed by atoms with Crippen LogP contribution >= 0.6 is 11.5 Å². The number of aromatic nitrogens is 3. The molecule has 0 aliphatic heterocycles. The predicted octanol–water partition coefficient (Wildman–Crippen LogP) is -0.252. The fraction of sp³-hybridized carbons (Fsp3) is 0.286. The summed E-state index contributed by atoms with van der Waals surface area (Å²) in [4.78, 5) is 24.9. The number of aromatic amines is 1. The first-order chi connectivity index (χ1) is 6.65. The van der Waals surface area contributed by atoms with Crippen LogP contribution in [0.1, 0.15) is 6.92 Å². The molecule has 0 amide bonds. The molecule has 7 heteroatoms. The summed E-state index contributed by atoms with van der Waals surface area (Å²) >= 11 is 1.02. The van der Waals surface area contributed by atoms with E-state index in [1.807, 2.05) is 0 Å². The topological polar surface area (TPSA) is 93.8 Å². The third-order valence-corrected chi connectivity index (χ3v) is 2.63. The molecule has 74 valence electrons. The van der Waals surface area contributed by atoms with Gasteiger partial charge in [0.25, 0.3) is 5.56 Å². The van der Waals surface area contributed by atoms with Crippen LogP contribution in [0.15, 0.2) is 9.59 Å². The molecule has 2 rings (SSSR count). The number of hydrogen-bond donors (Lipinski definition) is 2. The first kappa shape index (κ1) is 8.95. The minimum Gasteiger partial charge on any atom is -0.389 e. The summed E-state index contributed by atoms with van der Waals surface area (Å²) in [7, 11) is 0. The van der Waals surface area contributed by atoms with E-state index in [1.54, 1.807) is 6.92 Å². The summed E-state index contributed by atoms with van der Waals surface area (Å²) < 4.78 is 5.35. The number of hydrogen-bond acceptors (Lipinski definition) is 5.